The van der Waals surface area contributed by atoms with Crippen molar-refractivity contribution in [2.75, 3.05) is 0 Å². The summed E-state index contributed by atoms with van der Waals surface area (Å²) < 4.78 is 19.7. The van der Waals surface area contributed by atoms with Crippen LogP contribution in [0.25, 0.3) is 6.08 Å². The van der Waals surface area contributed by atoms with Crippen LogP contribution in [0.3, 0.4) is 0 Å². The average Bonchev–Trinajstić information content (AvgIpc) is 3.07. The number of amides is 2. The van der Waals surface area contributed by atoms with Crippen LogP contribution in [0.5, 0.6) is 5.75 Å². The minimum absolute atomic E-state index is 0.158. The number of carbonyl (C=O) groups excluding carboxylic acids is 2. The van der Waals surface area contributed by atoms with Crippen LogP contribution in [0, 0.1) is 15.9 Å². The third-order valence-electron chi connectivity index (χ3n) is 4.96. The molecule has 3 aromatic carbocycles. The maximum atomic E-state index is 13.1. The zero-order chi connectivity index (χ0) is 24.2. The molecule has 0 N–H and O–H groups in total. The fourth-order valence-corrected chi connectivity index (χ4v) is 4.48. The van der Waals surface area contributed by atoms with Crippen LogP contribution >= 0.6 is 27.7 Å². The van der Waals surface area contributed by atoms with E-state index in [0.29, 0.717) is 11.3 Å². The van der Waals surface area contributed by atoms with Crippen molar-refractivity contribution in [1.29, 1.82) is 0 Å². The molecule has 4 rings (SSSR count). The molecule has 3 aromatic rings. The minimum atomic E-state index is -0.545. The molecule has 0 aliphatic carbocycles. The van der Waals surface area contributed by atoms with Crippen LogP contribution in [0.1, 0.15) is 16.7 Å². The summed E-state index contributed by atoms with van der Waals surface area (Å²) in [6.07, 6.45) is 1.55. The summed E-state index contributed by atoms with van der Waals surface area (Å²) in [7, 11) is 0. The van der Waals surface area contributed by atoms with Gasteiger partial charge < -0.3 is 4.74 Å². The van der Waals surface area contributed by atoms with Gasteiger partial charge in [-0.25, -0.2) is 4.39 Å². The predicted octanol–water partition coefficient (Wildman–Crippen LogP) is 6.31. The van der Waals surface area contributed by atoms with E-state index in [-0.39, 0.29) is 35.1 Å². The van der Waals surface area contributed by atoms with E-state index in [0.717, 1.165) is 26.7 Å². The molecular formula is C24H16BrFN2O5S. The number of hydrogen-bond donors (Lipinski definition) is 0. The molecule has 0 spiro atoms. The second-order valence-electron chi connectivity index (χ2n) is 7.25. The van der Waals surface area contributed by atoms with Gasteiger partial charge in [-0.15, -0.1) is 0 Å². The molecule has 0 unspecified atom stereocenters. The smallest absolute Gasteiger partial charge is 0.293 e. The molecule has 0 saturated carbocycles. The number of halogens is 2. The highest BCUT2D eigenvalue weighted by atomic mass is 79.9. The first kappa shape index (κ1) is 23.7. The van der Waals surface area contributed by atoms with Gasteiger partial charge in [0.2, 0.25) is 0 Å². The second kappa shape index (κ2) is 10.2. The second-order valence-corrected chi connectivity index (χ2v) is 9.16. The van der Waals surface area contributed by atoms with Crippen molar-refractivity contribution in [3.63, 3.8) is 0 Å². The maximum Gasteiger partial charge on any atom is 0.293 e. The van der Waals surface area contributed by atoms with Gasteiger partial charge in [0.1, 0.15) is 18.2 Å². The summed E-state index contributed by atoms with van der Waals surface area (Å²) in [5, 5.41) is 10.8. The van der Waals surface area contributed by atoms with Gasteiger partial charge in [0.05, 0.1) is 16.4 Å². The van der Waals surface area contributed by atoms with Gasteiger partial charge in [-0.1, -0.05) is 46.3 Å². The number of thioether (sulfide) groups is 1. The Labute approximate surface area is 206 Å². The molecular weight excluding hydrogens is 527 g/mol. The number of imide groups is 1. The van der Waals surface area contributed by atoms with Crippen LogP contribution in [0.4, 0.5) is 14.9 Å². The Morgan fingerprint density at radius 3 is 2.56 bits per heavy atom. The molecule has 2 amide bonds. The van der Waals surface area contributed by atoms with Crippen molar-refractivity contribution >= 4 is 50.6 Å². The van der Waals surface area contributed by atoms with Crippen LogP contribution in [-0.4, -0.2) is 21.0 Å². The van der Waals surface area contributed by atoms with Crippen molar-refractivity contribution in [1.82, 2.24) is 4.90 Å². The monoisotopic (exact) mass is 542 g/mol. The van der Waals surface area contributed by atoms with Gasteiger partial charge >= 0.3 is 0 Å². The Hall–Kier alpha value is -3.50. The van der Waals surface area contributed by atoms with E-state index in [1.54, 1.807) is 42.5 Å². The van der Waals surface area contributed by atoms with Gasteiger partial charge in [0, 0.05) is 21.7 Å². The molecule has 0 aromatic heterocycles. The molecule has 0 bridgehead atoms. The lowest BCUT2D eigenvalue weighted by atomic mass is 10.1. The lowest BCUT2D eigenvalue weighted by Gasteiger charge is -2.13. The Balaban J connectivity index is 1.56. The van der Waals surface area contributed by atoms with Crippen molar-refractivity contribution in [3.8, 4) is 5.75 Å². The molecule has 0 radical (unpaired) electrons. The number of rotatable bonds is 7. The number of benzene rings is 3. The summed E-state index contributed by atoms with van der Waals surface area (Å²) in [6, 6.07) is 17.1. The van der Waals surface area contributed by atoms with Crippen LogP contribution in [0.2, 0.25) is 0 Å². The number of carbonyl (C=O) groups is 2. The summed E-state index contributed by atoms with van der Waals surface area (Å²) >= 11 is 4.15. The SMILES string of the molecule is O=C1S/C(=C\c2cc(Br)ccc2OCc2ccc(F)cc2)C(=O)N1Cc1ccccc1[N+](=O)[O-]. The molecule has 1 aliphatic heterocycles. The molecule has 1 saturated heterocycles. The Bertz CT molecular complexity index is 1310. The first-order chi connectivity index (χ1) is 16.3. The summed E-state index contributed by atoms with van der Waals surface area (Å²) in [6.45, 7) is -0.0204. The highest BCUT2D eigenvalue weighted by molar-refractivity contribution is 9.10. The van der Waals surface area contributed by atoms with E-state index in [9.17, 15) is 24.1 Å². The standard InChI is InChI=1S/C24H16BrFN2O5S/c25-18-7-10-21(33-14-15-5-8-19(26)9-6-15)17(11-18)12-22-23(29)27(24(30)34-22)13-16-3-1-2-4-20(16)28(31)32/h1-12H,13-14H2/b22-12-. The van der Waals surface area contributed by atoms with Crippen molar-refractivity contribution in [3.05, 3.63) is 109 Å². The van der Waals surface area contributed by atoms with Gasteiger partial charge in [-0.2, -0.15) is 0 Å². The third kappa shape index (κ3) is 5.35. The summed E-state index contributed by atoms with van der Waals surface area (Å²) in [5.74, 6) is -0.416. The van der Waals surface area contributed by atoms with E-state index >= 15 is 0 Å². The Morgan fingerprint density at radius 1 is 1.09 bits per heavy atom. The van der Waals surface area contributed by atoms with E-state index in [1.165, 1.54) is 30.3 Å². The molecule has 1 heterocycles. The highest BCUT2D eigenvalue weighted by Crippen LogP contribution is 2.36. The van der Waals surface area contributed by atoms with Crippen LogP contribution in [-0.2, 0) is 17.9 Å². The largest absolute Gasteiger partial charge is 0.488 e. The number of para-hydroxylation sites is 1. The minimum Gasteiger partial charge on any atom is -0.488 e. The molecule has 0 atom stereocenters. The lowest BCUT2D eigenvalue weighted by molar-refractivity contribution is -0.385. The molecule has 34 heavy (non-hydrogen) atoms. The normalized spacial score (nSPS) is 14.6. The van der Waals surface area contributed by atoms with Gasteiger partial charge in [-0.05, 0) is 53.7 Å². The van der Waals surface area contributed by atoms with E-state index in [2.05, 4.69) is 15.9 Å². The van der Waals surface area contributed by atoms with Crippen LogP contribution < -0.4 is 4.74 Å². The fourth-order valence-electron chi connectivity index (χ4n) is 3.28. The number of hydrogen-bond acceptors (Lipinski definition) is 6. The number of ether oxygens (including phenoxy) is 1. The summed E-state index contributed by atoms with van der Waals surface area (Å²) in [4.78, 5) is 37.4. The van der Waals surface area contributed by atoms with Gasteiger partial charge in [0.15, 0.2) is 0 Å². The molecule has 10 heteroatoms. The first-order valence-electron chi connectivity index (χ1n) is 9.96. The van der Waals surface area contributed by atoms with Crippen molar-refractivity contribution < 1.29 is 23.6 Å². The quantitative estimate of drug-likeness (QED) is 0.197. The molecule has 172 valence electrons. The van der Waals surface area contributed by atoms with Gasteiger partial charge in [-0.3, -0.25) is 24.6 Å². The Morgan fingerprint density at radius 2 is 1.82 bits per heavy atom. The van der Waals surface area contributed by atoms with Crippen LogP contribution in [0.15, 0.2) is 76.1 Å². The first-order valence-corrected chi connectivity index (χ1v) is 11.6. The molecule has 7 nitrogen and oxygen atoms in total. The zero-order valence-electron chi connectivity index (χ0n) is 17.4. The Kier molecular flexibility index (Phi) is 7.09. The van der Waals surface area contributed by atoms with E-state index in [1.807, 2.05) is 0 Å². The average molecular weight is 543 g/mol. The zero-order valence-corrected chi connectivity index (χ0v) is 19.8. The number of nitrogens with zero attached hydrogens (tertiary/aromatic N) is 2. The highest BCUT2D eigenvalue weighted by Gasteiger charge is 2.36. The lowest BCUT2D eigenvalue weighted by Crippen LogP contribution is -2.27. The van der Waals surface area contributed by atoms with E-state index in [4.69, 9.17) is 4.74 Å². The van der Waals surface area contributed by atoms with Crippen molar-refractivity contribution in [2.45, 2.75) is 13.2 Å². The maximum absolute atomic E-state index is 13.1. The number of nitro groups is 1. The molecule has 1 fully saturated rings. The van der Waals surface area contributed by atoms with E-state index < -0.39 is 16.1 Å². The number of nitro benzene ring substituents is 1. The third-order valence-corrected chi connectivity index (χ3v) is 6.36. The van der Waals surface area contributed by atoms with Gasteiger partial charge in [0.25, 0.3) is 16.8 Å². The van der Waals surface area contributed by atoms with Crippen molar-refractivity contribution in [2.24, 2.45) is 0 Å². The predicted molar refractivity (Wildman–Crippen MR) is 129 cm³/mol. The topological polar surface area (TPSA) is 89.8 Å². The fraction of sp³-hybridized carbons (Fsp3) is 0.0833. The summed E-state index contributed by atoms with van der Waals surface area (Å²) in [5.41, 5.74) is 1.43. The molecule has 1 aliphatic rings.